The first-order valence-electron chi connectivity index (χ1n) is 3.89. The van der Waals surface area contributed by atoms with Crippen molar-refractivity contribution in [1.29, 1.82) is 0 Å². The molecule has 0 atom stereocenters. The molecule has 0 radical (unpaired) electrons. The molecule has 5 heteroatoms. The third-order valence-electron chi connectivity index (χ3n) is 1.64. The summed E-state index contributed by atoms with van der Waals surface area (Å²) in [5.74, 6) is 1.99. The van der Waals surface area contributed by atoms with E-state index in [1.807, 2.05) is 25.6 Å². The van der Waals surface area contributed by atoms with Gasteiger partial charge in [0.25, 0.3) is 0 Å². The number of nitrogens with zero attached hydrogens (tertiary/aromatic N) is 3. The van der Waals surface area contributed by atoms with Crippen LogP contribution in [0.25, 0.3) is 0 Å². The van der Waals surface area contributed by atoms with Gasteiger partial charge in [-0.05, 0) is 14.0 Å². The van der Waals surface area contributed by atoms with Crippen LogP contribution in [0.2, 0.25) is 0 Å². The lowest BCUT2D eigenvalue weighted by molar-refractivity contribution is 0.763. The van der Waals surface area contributed by atoms with Gasteiger partial charge in [-0.2, -0.15) is 0 Å². The third-order valence-corrected chi connectivity index (χ3v) is 2.66. The highest BCUT2D eigenvalue weighted by Crippen LogP contribution is 2.13. The molecule has 0 amide bonds. The second-order valence-electron chi connectivity index (χ2n) is 2.54. The van der Waals surface area contributed by atoms with Gasteiger partial charge in [0.1, 0.15) is 5.82 Å². The summed E-state index contributed by atoms with van der Waals surface area (Å²) in [4.78, 5) is 0. The van der Waals surface area contributed by atoms with Crippen LogP contribution in [0.5, 0.6) is 0 Å². The number of hydrogen-bond donors (Lipinski definition) is 1. The molecule has 4 nitrogen and oxygen atoms in total. The maximum Gasteiger partial charge on any atom is 0.190 e. The van der Waals surface area contributed by atoms with Crippen LogP contribution in [0.1, 0.15) is 5.82 Å². The Morgan fingerprint density at radius 3 is 2.75 bits per heavy atom. The topological polar surface area (TPSA) is 42.7 Å². The van der Waals surface area contributed by atoms with Gasteiger partial charge in [-0.15, -0.1) is 10.2 Å². The van der Waals surface area contributed by atoms with Crippen molar-refractivity contribution in [3.63, 3.8) is 0 Å². The zero-order chi connectivity index (χ0) is 8.97. The number of nitrogens with one attached hydrogen (secondary N) is 1. The van der Waals surface area contributed by atoms with Crippen LogP contribution in [-0.2, 0) is 7.05 Å². The number of thioether (sulfide) groups is 1. The molecule has 0 spiro atoms. The maximum absolute atomic E-state index is 4.04. The van der Waals surface area contributed by atoms with Gasteiger partial charge in [-0.25, -0.2) is 0 Å². The molecule has 1 aromatic rings. The Morgan fingerprint density at radius 2 is 2.25 bits per heavy atom. The molecule has 68 valence electrons. The Hall–Kier alpha value is -0.550. The largest absolute Gasteiger partial charge is 0.319 e. The van der Waals surface area contributed by atoms with Gasteiger partial charge < -0.3 is 9.88 Å². The molecule has 0 unspecified atom stereocenters. The predicted molar refractivity (Wildman–Crippen MR) is 50.4 cm³/mol. The summed E-state index contributed by atoms with van der Waals surface area (Å²) in [6.45, 7) is 2.95. The monoisotopic (exact) mass is 186 g/mol. The first kappa shape index (κ1) is 9.54. The van der Waals surface area contributed by atoms with Crippen molar-refractivity contribution in [2.45, 2.75) is 12.1 Å². The van der Waals surface area contributed by atoms with E-state index in [1.54, 1.807) is 11.8 Å². The molecule has 12 heavy (non-hydrogen) atoms. The molecule has 0 aliphatic carbocycles. The highest BCUT2D eigenvalue weighted by Gasteiger charge is 2.03. The van der Waals surface area contributed by atoms with E-state index in [1.165, 1.54) is 0 Å². The molecular formula is C7H14N4S. The minimum absolute atomic E-state index is 0.960. The first-order chi connectivity index (χ1) is 5.75. The lowest BCUT2D eigenvalue weighted by Gasteiger charge is -2.00. The average Bonchev–Trinajstić information content (AvgIpc) is 2.36. The molecular weight excluding hydrogens is 172 g/mol. The van der Waals surface area contributed by atoms with E-state index in [-0.39, 0.29) is 0 Å². The van der Waals surface area contributed by atoms with Crippen molar-refractivity contribution in [3.05, 3.63) is 5.82 Å². The van der Waals surface area contributed by atoms with Crippen molar-refractivity contribution in [2.75, 3.05) is 19.3 Å². The fraction of sp³-hybridized carbons (Fsp3) is 0.714. The van der Waals surface area contributed by atoms with Gasteiger partial charge in [0, 0.05) is 19.3 Å². The molecule has 1 aromatic heterocycles. The molecule has 0 saturated heterocycles. The fourth-order valence-electron chi connectivity index (χ4n) is 0.758. The van der Waals surface area contributed by atoms with Crippen LogP contribution < -0.4 is 5.32 Å². The molecule has 1 rings (SSSR count). The quantitative estimate of drug-likeness (QED) is 0.547. The van der Waals surface area contributed by atoms with Crippen LogP contribution in [-0.4, -0.2) is 34.1 Å². The van der Waals surface area contributed by atoms with Crippen LogP contribution >= 0.6 is 11.8 Å². The van der Waals surface area contributed by atoms with Crippen molar-refractivity contribution in [3.8, 4) is 0 Å². The molecule has 0 saturated carbocycles. The number of hydrogen-bond acceptors (Lipinski definition) is 4. The summed E-state index contributed by atoms with van der Waals surface area (Å²) in [5.41, 5.74) is 0. The van der Waals surface area contributed by atoms with Crippen LogP contribution in [0.4, 0.5) is 0 Å². The Kier molecular flexibility index (Phi) is 3.55. The van der Waals surface area contributed by atoms with Crippen molar-refractivity contribution < 1.29 is 0 Å². The lowest BCUT2D eigenvalue weighted by atomic mass is 10.7. The van der Waals surface area contributed by atoms with Gasteiger partial charge in [-0.1, -0.05) is 11.8 Å². The van der Waals surface area contributed by atoms with E-state index < -0.39 is 0 Å². The van der Waals surface area contributed by atoms with Gasteiger partial charge in [0.15, 0.2) is 5.16 Å². The SMILES string of the molecule is CNCCSc1nnc(C)n1C. The predicted octanol–water partition coefficient (Wildman–Crippen LogP) is 0.435. The van der Waals surface area contributed by atoms with Gasteiger partial charge in [-0.3, -0.25) is 0 Å². The van der Waals surface area contributed by atoms with E-state index in [9.17, 15) is 0 Å². The summed E-state index contributed by atoms with van der Waals surface area (Å²) < 4.78 is 2.00. The zero-order valence-electron chi connectivity index (χ0n) is 7.66. The smallest absolute Gasteiger partial charge is 0.190 e. The van der Waals surface area contributed by atoms with Crippen molar-refractivity contribution in [2.24, 2.45) is 7.05 Å². The first-order valence-corrected chi connectivity index (χ1v) is 4.87. The third kappa shape index (κ3) is 2.22. The summed E-state index contributed by atoms with van der Waals surface area (Å²) in [5, 5.41) is 12.1. The van der Waals surface area contributed by atoms with Gasteiger partial charge in [0.2, 0.25) is 0 Å². The highest BCUT2D eigenvalue weighted by atomic mass is 32.2. The minimum Gasteiger partial charge on any atom is -0.319 e. The molecule has 0 aliphatic rings. The van der Waals surface area contributed by atoms with Crippen LogP contribution in [0.3, 0.4) is 0 Å². The number of aryl methyl sites for hydroxylation is 1. The second kappa shape index (κ2) is 4.47. The Bertz CT molecular complexity index is 246. The van der Waals surface area contributed by atoms with Crippen molar-refractivity contribution >= 4 is 11.8 Å². The van der Waals surface area contributed by atoms with Crippen LogP contribution in [0.15, 0.2) is 5.16 Å². The zero-order valence-corrected chi connectivity index (χ0v) is 8.48. The number of rotatable bonds is 4. The number of aromatic nitrogens is 3. The van der Waals surface area contributed by atoms with E-state index >= 15 is 0 Å². The van der Waals surface area contributed by atoms with Crippen LogP contribution in [0, 0.1) is 6.92 Å². The molecule has 1 heterocycles. The highest BCUT2D eigenvalue weighted by molar-refractivity contribution is 7.99. The van der Waals surface area contributed by atoms with Crippen molar-refractivity contribution in [1.82, 2.24) is 20.1 Å². The summed E-state index contributed by atoms with van der Waals surface area (Å²) in [7, 11) is 3.93. The van der Waals surface area contributed by atoms with Gasteiger partial charge >= 0.3 is 0 Å². The molecule has 0 aromatic carbocycles. The summed E-state index contributed by atoms with van der Waals surface area (Å²) in [6, 6.07) is 0. The lowest BCUT2D eigenvalue weighted by Crippen LogP contribution is -2.10. The van der Waals surface area contributed by atoms with E-state index in [0.29, 0.717) is 0 Å². The summed E-state index contributed by atoms with van der Waals surface area (Å²) >= 11 is 1.72. The standard InChI is InChI=1S/C7H14N4S/c1-6-9-10-7(11(6)3)12-5-4-8-2/h8H,4-5H2,1-3H3. The normalized spacial score (nSPS) is 10.6. The molecule has 1 N–H and O–H groups in total. The second-order valence-corrected chi connectivity index (χ2v) is 3.60. The minimum atomic E-state index is 0.960. The molecule has 0 fully saturated rings. The molecule has 0 aliphatic heterocycles. The maximum atomic E-state index is 4.04. The Balaban J connectivity index is 2.46. The summed E-state index contributed by atoms with van der Waals surface area (Å²) in [6.07, 6.45) is 0. The fourth-order valence-corrected chi connectivity index (χ4v) is 1.67. The van der Waals surface area contributed by atoms with E-state index in [4.69, 9.17) is 0 Å². The van der Waals surface area contributed by atoms with Gasteiger partial charge in [0.05, 0.1) is 0 Å². The average molecular weight is 186 g/mol. The van der Waals surface area contributed by atoms with E-state index in [0.717, 1.165) is 23.3 Å². The van der Waals surface area contributed by atoms with E-state index in [2.05, 4.69) is 15.5 Å². The molecule has 0 bridgehead atoms. The Labute approximate surface area is 76.8 Å². The Morgan fingerprint density at radius 1 is 1.50 bits per heavy atom.